The van der Waals surface area contributed by atoms with Crippen molar-refractivity contribution in [2.24, 2.45) is 11.3 Å². The van der Waals surface area contributed by atoms with E-state index in [4.69, 9.17) is 4.74 Å². The minimum absolute atomic E-state index is 0.106. The molecule has 1 amide bonds. The van der Waals surface area contributed by atoms with Crippen LogP contribution in [0.15, 0.2) is 24.3 Å². The van der Waals surface area contributed by atoms with E-state index in [-0.39, 0.29) is 11.3 Å². The number of aryl methyl sites for hydroxylation is 1. The summed E-state index contributed by atoms with van der Waals surface area (Å²) in [5.41, 5.74) is 2.99. The monoisotopic (exact) mass is 330 g/mol. The molecule has 0 bridgehead atoms. The molecule has 4 nitrogen and oxygen atoms in total. The van der Waals surface area contributed by atoms with E-state index < -0.39 is 0 Å². The summed E-state index contributed by atoms with van der Waals surface area (Å²) in [6.45, 7) is 3.49. The number of carbonyl (C=O) groups is 1. The molecule has 1 aromatic carbocycles. The minimum Gasteiger partial charge on any atom is -0.384 e. The Labute approximate surface area is 145 Å². The Kier molecular flexibility index (Phi) is 5.90. The van der Waals surface area contributed by atoms with Gasteiger partial charge in [-0.05, 0) is 62.2 Å². The third kappa shape index (κ3) is 4.37. The Balaban J connectivity index is 1.49. The molecule has 1 heterocycles. The van der Waals surface area contributed by atoms with Crippen LogP contribution in [0.2, 0.25) is 0 Å². The molecule has 3 rings (SSSR count). The number of amides is 1. The first kappa shape index (κ1) is 17.4. The molecule has 0 radical (unpaired) electrons. The number of nitrogens with one attached hydrogen (secondary N) is 2. The van der Waals surface area contributed by atoms with E-state index in [1.54, 1.807) is 7.11 Å². The second-order valence-electron chi connectivity index (χ2n) is 7.54. The van der Waals surface area contributed by atoms with Gasteiger partial charge in [-0.25, -0.2) is 0 Å². The largest absolute Gasteiger partial charge is 0.384 e. The highest BCUT2D eigenvalue weighted by Crippen LogP contribution is 2.29. The molecule has 1 aromatic rings. The van der Waals surface area contributed by atoms with Crippen molar-refractivity contribution in [1.82, 2.24) is 10.6 Å². The van der Waals surface area contributed by atoms with Crippen LogP contribution in [-0.2, 0) is 22.4 Å². The smallest absolute Gasteiger partial charge is 0.220 e. The van der Waals surface area contributed by atoms with Crippen LogP contribution in [0.1, 0.15) is 36.8 Å². The number of methoxy groups -OCH3 is 1. The molecule has 1 saturated heterocycles. The van der Waals surface area contributed by atoms with Gasteiger partial charge in [0.05, 0.1) is 6.61 Å². The first-order chi connectivity index (χ1) is 11.7. The molecular formula is C20H30N2O2. The molecule has 1 atom stereocenters. The van der Waals surface area contributed by atoms with Gasteiger partial charge in [-0.2, -0.15) is 0 Å². The molecule has 2 aliphatic rings. The maximum Gasteiger partial charge on any atom is 0.220 e. The molecule has 1 aliphatic carbocycles. The van der Waals surface area contributed by atoms with Crippen molar-refractivity contribution < 1.29 is 9.53 Å². The fraction of sp³-hybridized carbons (Fsp3) is 0.650. The first-order valence-corrected chi connectivity index (χ1v) is 9.24. The standard InChI is InChI=1S/C20H30N2O2/c1-24-15-20(8-10-21-11-9-20)14-22-19(23)13-16-6-7-17-4-2-3-5-18(17)12-16/h2-5,16,21H,6-15H2,1H3,(H,22,23). The van der Waals surface area contributed by atoms with Gasteiger partial charge in [0.25, 0.3) is 0 Å². The van der Waals surface area contributed by atoms with Crippen molar-refractivity contribution in [3.63, 3.8) is 0 Å². The fourth-order valence-electron chi connectivity index (χ4n) is 4.20. The van der Waals surface area contributed by atoms with Crippen molar-refractivity contribution in [3.05, 3.63) is 35.4 Å². The van der Waals surface area contributed by atoms with Gasteiger partial charge < -0.3 is 15.4 Å². The lowest BCUT2D eigenvalue weighted by Crippen LogP contribution is -2.47. The highest BCUT2D eigenvalue weighted by atomic mass is 16.5. The Hall–Kier alpha value is -1.39. The number of fused-ring (bicyclic) bond motifs is 1. The Morgan fingerprint density at radius 3 is 2.79 bits per heavy atom. The van der Waals surface area contributed by atoms with Gasteiger partial charge in [-0.15, -0.1) is 0 Å². The lowest BCUT2D eigenvalue weighted by Gasteiger charge is -2.37. The SMILES string of the molecule is COCC1(CNC(=O)CC2CCc3ccccc3C2)CCNCC1. The van der Waals surface area contributed by atoms with E-state index in [0.29, 0.717) is 12.3 Å². The number of piperidine rings is 1. The number of carbonyl (C=O) groups excluding carboxylic acids is 1. The minimum atomic E-state index is 0.106. The molecule has 0 aromatic heterocycles. The van der Waals surface area contributed by atoms with Crippen molar-refractivity contribution in [3.8, 4) is 0 Å². The van der Waals surface area contributed by atoms with Gasteiger partial charge in [0.2, 0.25) is 5.91 Å². The zero-order valence-electron chi connectivity index (χ0n) is 14.8. The van der Waals surface area contributed by atoms with Crippen molar-refractivity contribution >= 4 is 5.91 Å². The van der Waals surface area contributed by atoms with Crippen LogP contribution in [0, 0.1) is 11.3 Å². The first-order valence-electron chi connectivity index (χ1n) is 9.24. The summed E-state index contributed by atoms with van der Waals surface area (Å²) >= 11 is 0. The molecule has 1 fully saturated rings. The molecule has 24 heavy (non-hydrogen) atoms. The van der Waals surface area contributed by atoms with Gasteiger partial charge in [0, 0.05) is 25.5 Å². The third-order valence-corrected chi connectivity index (χ3v) is 5.70. The topological polar surface area (TPSA) is 50.4 Å². The van der Waals surface area contributed by atoms with Crippen molar-refractivity contribution in [2.75, 3.05) is 33.4 Å². The Morgan fingerprint density at radius 2 is 2.04 bits per heavy atom. The van der Waals surface area contributed by atoms with E-state index >= 15 is 0 Å². The molecule has 4 heteroatoms. The van der Waals surface area contributed by atoms with Crippen LogP contribution in [-0.4, -0.2) is 39.3 Å². The van der Waals surface area contributed by atoms with Crippen LogP contribution in [0.3, 0.4) is 0 Å². The summed E-state index contributed by atoms with van der Waals surface area (Å²) in [5.74, 6) is 0.680. The molecule has 132 valence electrons. The van der Waals surface area contributed by atoms with Crippen LogP contribution in [0.25, 0.3) is 0 Å². The lowest BCUT2D eigenvalue weighted by molar-refractivity contribution is -0.123. The summed E-state index contributed by atoms with van der Waals surface area (Å²) in [4.78, 5) is 12.4. The number of hydrogen-bond donors (Lipinski definition) is 2. The predicted molar refractivity (Wildman–Crippen MR) is 96.0 cm³/mol. The van der Waals surface area contributed by atoms with Crippen molar-refractivity contribution in [2.45, 2.75) is 38.5 Å². The quantitative estimate of drug-likeness (QED) is 0.841. The molecular weight excluding hydrogens is 300 g/mol. The number of hydrogen-bond acceptors (Lipinski definition) is 3. The molecule has 1 unspecified atom stereocenters. The molecule has 2 N–H and O–H groups in total. The third-order valence-electron chi connectivity index (χ3n) is 5.70. The highest BCUT2D eigenvalue weighted by molar-refractivity contribution is 5.76. The van der Waals surface area contributed by atoms with Gasteiger partial charge in [-0.1, -0.05) is 24.3 Å². The van der Waals surface area contributed by atoms with Crippen LogP contribution >= 0.6 is 0 Å². The average Bonchev–Trinajstić information content (AvgIpc) is 2.61. The molecule has 0 spiro atoms. The van der Waals surface area contributed by atoms with E-state index in [2.05, 4.69) is 34.9 Å². The maximum atomic E-state index is 12.4. The zero-order valence-corrected chi connectivity index (χ0v) is 14.8. The second-order valence-corrected chi connectivity index (χ2v) is 7.54. The lowest BCUT2D eigenvalue weighted by atomic mass is 9.79. The van der Waals surface area contributed by atoms with Gasteiger partial charge >= 0.3 is 0 Å². The van der Waals surface area contributed by atoms with Gasteiger partial charge in [0.15, 0.2) is 0 Å². The zero-order chi connectivity index (χ0) is 16.8. The summed E-state index contributed by atoms with van der Waals surface area (Å²) in [5, 5.41) is 6.59. The van der Waals surface area contributed by atoms with Gasteiger partial charge in [-0.3, -0.25) is 4.79 Å². The summed E-state index contributed by atoms with van der Waals surface area (Å²) in [6.07, 6.45) is 6.05. The van der Waals surface area contributed by atoms with Crippen LogP contribution in [0.5, 0.6) is 0 Å². The number of benzene rings is 1. The van der Waals surface area contributed by atoms with E-state index in [1.807, 2.05) is 0 Å². The van der Waals surface area contributed by atoms with Crippen molar-refractivity contribution in [1.29, 1.82) is 0 Å². The Morgan fingerprint density at radius 1 is 1.29 bits per heavy atom. The molecule has 1 aliphatic heterocycles. The van der Waals surface area contributed by atoms with Crippen LogP contribution in [0.4, 0.5) is 0 Å². The van der Waals surface area contributed by atoms with E-state index in [0.717, 1.165) is 58.3 Å². The normalized spacial score (nSPS) is 22.6. The molecule has 0 saturated carbocycles. The maximum absolute atomic E-state index is 12.4. The fourth-order valence-corrected chi connectivity index (χ4v) is 4.20. The highest BCUT2D eigenvalue weighted by Gasteiger charge is 2.32. The number of ether oxygens (including phenoxy) is 1. The van der Waals surface area contributed by atoms with Crippen LogP contribution < -0.4 is 10.6 Å². The number of rotatable bonds is 6. The second kappa shape index (κ2) is 8.13. The predicted octanol–water partition coefficient (Wildman–Crippen LogP) is 2.31. The van der Waals surface area contributed by atoms with E-state index in [1.165, 1.54) is 11.1 Å². The summed E-state index contributed by atoms with van der Waals surface area (Å²) in [7, 11) is 1.76. The average molecular weight is 330 g/mol. The van der Waals surface area contributed by atoms with Gasteiger partial charge in [0.1, 0.15) is 0 Å². The van der Waals surface area contributed by atoms with E-state index in [9.17, 15) is 4.79 Å². The summed E-state index contributed by atoms with van der Waals surface area (Å²) < 4.78 is 5.43. The Bertz CT molecular complexity index is 547. The summed E-state index contributed by atoms with van der Waals surface area (Å²) in [6, 6.07) is 8.65.